The summed E-state index contributed by atoms with van der Waals surface area (Å²) < 4.78 is 10.4. The SMILES string of the molecule is C=C(C)C(=O)OCCOc1ccc(C(=O)C2(O)CCCCC2)cc1. The fraction of sp³-hybridized carbons (Fsp3) is 0.474. The zero-order chi connectivity index (χ0) is 17.6. The Balaban J connectivity index is 1.85. The van der Waals surface area contributed by atoms with Gasteiger partial charge in [0.05, 0.1) is 0 Å². The van der Waals surface area contributed by atoms with Crippen LogP contribution in [0.1, 0.15) is 49.4 Å². The normalized spacial score (nSPS) is 16.2. The van der Waals surface area contributed by atoms with E-state index in [-0.39, 0.29) is 19.0 Å². The van der Waals surface area contributed by atoms with Gasteiger partial charge in [-0.05, 0) is 44.0 Å². The van der Waals surface area contributed by atoms with Gasteiger partial charge in [-0.3, -0.25) is 4.79 Å². The molecule has 1 fully saturated rings. The second-order valence-electron chi connectivity index (χ2n) is 6.21. The van der Waals surface area contributed by atoms with Gasteiger partial charge in [-0.2, -0.15) is 0 Å². The largest absolute Gasteiger partial charge is 0.490 e. The van der Waals surface area contributed by atoms with Gasteiger partial charge in [-0.25, -0.2) is 4.79 Å². The quantitative estimate of drug-likeness (QED) is 0.359. The monoisotopic (exact) mass is 332 g/mol. The van der Waals surface area contributed by atoms with Gasteiger partial charge in [0.15, 0.2) is 5.78 Å². The number of benzene rings is 1. The number of carbonyl (C=O) groups excluding carboxylic acids is 2. The van der Waals surface area contributed by atoms with Gasteiger partial charge in [0.1, 0.15) is 24.6 Å². The number of aliphatic hydroxyl groups is 1. The highest BCUT2D eigenvalue weighted by atomic mass is 16.6. The molecule has 0 aromatic heterocycles. The zero-order valence-corrected chi connectivity index (χ0v) is 14.0. The highest BCUT2D eigenvalue weighted by molar-refractivity contribution is 6.02. The van der Waals surface area contributed by atoms with Gasteiger partial charge >= 0.3 is 5.97 Å². The molecule has 0 amide bonds. The molecule has 0 heterocycles. The first-order valence-corrected chi connectivity index (χ1v) is 8.25. The molecule has 0 aliphatic heterocycles. The van der Waals surface area contributed by atoms with Crippen LogP contribution >= 0.6 is 0 Å². The average molecular weight is 332 g/mol. The third-order valence-corrected chi connectivity index (χ3v) is 4.15. The molecule has 1 N–H and O–H groups in total. The Morgan fingerprint density at radius 1 is 1.12 bits per heavy atom. The first kappa shape index (κ1) is 18.2. The number of hydrogen-bond acceptors (Lipinski definition) is 5. The molecular formula is C19H24O5. The number of Topliss-reactive ketones (excluding diaryl/α,β-unsaturated/α-hetero) is 1. The molecule has 24 heavy (non-hydrogen) atoms. The Labute approximate surface area is 142 Å². The summed E-state index contributed by atoms with van der Waals surface area (Å²) >= 11 is 0. The highest BCUT2D eigenvalue weighted by Gasteiger charge is 2.37. The van der Waals surface area contributed by atoms with Crippen molar-refractivity contribution in [2.75, 3.05) is 13.2 Å². The van der Waals surface area contributed by atoms with Gasteiger partial charge in [-0.1, -0.05) is 25.8 Å². The van der Waals surface area contributed by atoms with E-state index in [1.165, 1.54) is 0 Å². The van der Waals surface area contributed by atoms with E-state index in [1.54, 1.807) is 31.2 Å². The van der Waals surface area contributed by atoms with Crippen LogP contribution in [0.5, 0.6) is 5.75 Å². The number of carbonyl (C=O) groups is 2. The van der Waals surface area contributed by atoms with Gasteiger partial charge in [-0.15, -0.1) is 0 Å². The van der Waals surface area contributed by atoms with Crippen molar-refractivity contribution < 1.29 is 24.2 Å². The molecule has 5 heteroatoms. The number of rotatable bonds is 7. The average Bonchev–Trinajstić information content (AvgIpc) is 2.59. The maximum atomic E-state index is 12.5. The predicted molar refractivity (Wildman–Crippen MR) is 90.1 cm³/mol. The van der Waals surface area contributed by atoms with Crippen molar-refractivity contribution >= 4 is 11.8 Å². The third kappa shape index (κ3) is 4.68. The van der Waals surface area contributed by atoms with Crippen molar-refractivity contribution in [2.45, 2.75) is 44.6 Å². The summed E-state index contributed by atoms with van der Waals surface area (Å²) in [5, 5.41) is 10.5. The first-order chi connectivity index (χ1) is 11.4. The summed E-state index contributed by atoms with van der Waals surface area (Å²) in [7, 11) is 0. The van der Waals surface area contributed by atoms with Crippen LogP contribution in [0.2, 0.25) is 0 Å². The van der Waals surface area contributed by atoms with Crippen molar-refractivity contribution in [3.8, 4) is 5.75 Å². The molecule has 1 aliphatic carbocycles. The molecule has 0 radical (unpaired) electrons. The van der Waals surface area contributed by atoms with Crippen molar-refractivity contribution in [1.29, 1.82) is 0 Å². The maximum Gasteiger partial charge on any atom is 0.333 e. The van der Waals surface area contributed by atoms with E-state index in [9.17, 15) is 14.7 Å². The molecule has 1 saturated carbocycles. The molecular weight excluding hydrogens is 308 g/mol. The lowest BCUT2D eigenvalue weighted by atomic mass is 9.79. The summed E-state index contributed by atoms with van der Waals surface area (Å²) in [6.45, 7) is 5.43. The molecule has 0 bridgehead atoms. The summed E-state index contributed by atoms with van der Waals surface area (Å²) in [6.07, 6.45) is 3.88. The lowest BCUT2D eigenvalue weighted by Gasteiger charge is -2.30. The van der Waals surface area contributed by atoms with Crippen LogP contribution < -0.4 is 4.74 Å². The van der Waals surface area contributed by atoms with Crippen LogP contribution in [0.25, 0.3) is 0 Å². The van der Waals surface area contributed by atoms with Crippen LogP contribution in [-0.2, 0) is 9.53 Å². The molecule has 130 valence electrons. The first-order valence-electron chi connectivity index (χ1n) is 8.25. The van der Waals surface area contributed by atoms with Crippen LogP contribution in [-0.4, -0.2) is 35.7 Å². The minimum atomic E-state index is -1.22. The Bertz CT molecular complexity index is 597. The number of hydrogen-bond donors (Lipinski definition) is 1. The second-order valence-corrected chi connectivity index (χ2v) is 6.21. The molecule has 1 aliphatic rings. The fourth-order valence-corrected chi connectivity index (χ4v) is 2.75. The summed E-state index contributed by atoms with van der Waals surface area (Å²) in [5.41, 5.74) is -0.392. The summed E-state index contributed by atoms with van der Waals surface area (Å²) in [6, 6.07) is 6.67. The minimum Gasteiger partial charge on any atom is -0.490 e. The molecule has 2 rings (SSSR count). The van der Waals surface area contributed by atoms with Crippen LogP contribution in [0, 0.1) is 0 Å². The third-order valence-electron chi connectivity index (χ3n) is 4.15. The topological polar surface area (TPSA) is 72.8 Å². The molecule has 0 atom stereocenters. The van der Waals surface area contributed by atoms with E-state index in [0.29, 0.717) is 29.7 Å². The Morgan fingerprint density at radius 2 is 1.75 bits per heavy atom. The lowest BCUT2D eigenvalue weighted by molar-refractivity contribution is -0.139. The van der Waals surface area contributed by atoms with Gasteiger partial charge in [0, 0.05) is 11.1 Å². The molecule has 1 aromatic rings. The van der Waals surface area contributed by atoms with E-state index < -0.39 is 11.6 Å². The van der Waals surface area contributed by atoms with Gasteiger partial charge in [0.25, 0.3) is 0 Å². The van der Waals surface area contributed by atoms with Gasteiger partial charge < -0.3 is 14.6 Å². The number of esters is 1. The van der Waals surface area contributed by atoms with Crippen LogP contribution in [0.15, 0.2) is 36.4 Å². The van der Waals surface area contributed by atoms with Gasteiger partial charge in [0.2, 0.25) is 0 Å². The van der Waals surface area contributed by atoms with Crippen LogP contribution in [0.4, 0.5) is 0 Å². The number of ether oxygens (including phenoxy) is 2. The molecule has 0 spiro atoms. The van der Waals surface area contributed by atoms with E-state index in [2.05, 4.69) is 6.58 Å². The zero-order valence-electron chi connectivity index (χ0n) is 14.0. The molecule has 5 nitrogen and oxygen atoms in total. The Morgan fingerprint density at radius 3 is 2.33 bits per heavy atom. The minimum absolute atomic E-state index is 0.131. The van der Waals surface area contributed by atoms with Crippen molar-refractivity contribution in [2.24, 2.45) is 0 Å². The smallest absolute Gasteiger partial charge is 0.333 e. The maximum absolute atomic E-state index is 12.5. The highest BCUT2D eigenvalue weighted by Crippen LogP contribution is 2.31. The summed E-state index contributed by atoms with van der Waals surface area (Å²) in [4.78, 5) is 23.7. The lowest BCUT2D eigenvalue weighted by Crippen LogP contribution is -2.40. The van der Waals surface area contributed by atoms with E-state index in [1.807, 2.05) is 0 Å². The predicted octanol–water partition coefficient (Wildman–Crippen LogP) is 3.06. The standard InChI is InChI=1S/C19H24O5/c1-14(2)18(21)24-13-12-23-16-8-6-15(7-9-16)17(20)19(22)10-4-3-5-11-19/h6-9,22H,1,3-5,10-13H2,2H3. The van der Waals surface area contributed by atoms with E-state index in [4.69, 9.17) is 9.47 Å². The molecule has 0 saturated heterocycles. The molecule has 1 aromatic carbocycles. The van der Waals surface area contributed by atoms with Crippen molar-refractivity contribution in [3.05, 3.63) is 42.0 Å². The number of ketones is 1. The molecule has 0 unspecified atom stereocenters. The fourth-order valence-electron chi connectivity index (χ4n) is 2.75. The van der Waals surface area contributed by atoms with Crippen molar-refractivity contribution in [3.63, 3.8) is 0 Å². The second kappa shape index (κ2) is 8.11. The summed E-state index contributed by atoms with van der Waals surface area (Å²) in [5.74, 6) is -0.0852. The van der Waals surface area contributed by atoms with Crippen LogP contribution in [0.3, 0.4) is 0 Å². The van der Waals surface area contributed by atoms with Crippen molar-refractivity contribution in [1.82, 2.24) is 0 Å². The van der Waals surface area contributed by atoms with E-state index >= 15 is 0 Å². The Hall–Kier alpha value is -2.14. The Kier molecular flexibility index (Phi) is 6.15. The van der Waals surface area contributed by atoms with E-state index in [0.717, 1.165) is 19.3 Å².